The Morgan fingerprint density at radius 2 is 1.82 bits per heavy atom. The van der Waals surface area contributed by atoms with Crippen molar-refractivity contribution >= 4 is 11.9 Å². The van der Waals surface area contributed by atoms with Crippen molar-refractivity contribution in [3.63, 3.8) is 0 Å². The summed E-state index contributed by atoms with van der Waals surface area (Å²) in [6, 6.07) is 11.2. The van der Waals surface area contributed by atoms with Gasteiger partial charge in [-0.15, -0.1) is 0 Å². The summed E-state index contributed by atoms with van der Waals surface area (Å²) in [6.07, 6.45) is 0.148. The Labute approximate surface area is 165 Å². The number of rotatable bonds is 7. The fourth-order valence-electron chi connectivity index (χ4n) is 3.03. The van der Waals surface area contributed by atoms with E-state index in [-0.39, 0.29) is 31.6 Å². The smallest absolute Gasteiger partial charge is 0.307 e. The van der Waals surface area contributed by atoms with Crippen LogP contribution in [0.4, 0.5) is 0 Å². The average molecular weight is 383 g/mol. The van der Waals surface area contributed by atoms with Crippen LogP contribution in [0.3, 0.4) is 0 Å². The van der Waals surface area contributed by atoms with Gasteiger partial charge in [-0.1, -0.05) is 12.1 Å². The molecule has 148 valence electrons. The van der Waals surface area contributed by atoms with Crippen LogP contribution in [0.2, 0.25) is 0 Å². The molecule has 2 aromatic carbocycles. The van der Waals surface area contributed by atoms with E-state index in [1.165, 1.54) is 0 Å². The van der Waals surface area contributed by atoms with E-state index in [0.29, 0.717) is 30.2 Å². The van der Waals surface area contributed by atoms with Crippen molar-refractivity contribution in [1.82, 2.24) is 4.90 Å². The van der Waals surface area contributed by atoms with Crippen LogP contribution in [0.25, 0.3) is 0 Å². The molecule has 0 radical (unpaired) electrons. The number of amides is 1. The number of benzene rings is 2. The third-order valence-corrected chi connectivity index (χ3v) is 4.74. The van der Waals surface area contributed by atoms with Gasteiger partial charge in [-0.3, -0.25) is 9.59 Å². The Morgan fingerprint density at radius 1 is 1.04 bits per heavy atom. The van der Waals surface area contributed by atoms with Crippen LogP contribution in [0.15, 0.2) is 36.4 Å². The fraction of sp³-hybridized carbons (Fsp3) is 0.364. The summed E-state index contributed by atoms with van der Waals surface area (Å²) >= 11 is 0. The van der Waals surface area contributed by atoms with Gasteiger partial charge in [0, 0.05) is 18.7 Å². The minimum Gasteiger partial charge on any atom is -0.466 e. The summed E-state index contributed by atoms with van der Waals surface area (Å²) < 4.78 is 15.8. The Morgan fingerprint density at radius 3 is 2.57 bits per heavy atom. The maximum Gasteiger partial charge on any atom is 0.307 e. The zero-order chi connectivity index (χ0) is 20.1. The minimum atomic E-state index is -0.314. The first kappa shape index (κ1) is 19.7. The number of fused-ring (bicyclic) bond motifs is 1. The summed E-state index contributed by atoms with van der Waals surface area (Å²) in [7, 11) is 0. The van der Waals surface area contributed by atoms with Crippen LogP contribution in [0.1, 0.15) is 40.4 Å². The quantitative estimate of drug-likeness (QED) is 0.683. The first-order valence-electron chi connectivity index (χ1n) is 9.38. The third-order valence-electron chi connectivity index (χ3n) is 4.74. The number of nitrogens with zero attached hydrogens (tertiary/aromatic N) is 1. The molecule has 1 amide bonds. The van der Waals surface area contributed by atoms with Gasteiger partial charge in [0.05, 0.1) is 13.0 Å². The number of hydrogen-bond donors (Lipinski definition) is 0. The predicted octanol–water partition coefficient (Wildman–Crippen LogP) is 3.63. The molecule has 3 rings (SSSR count). The molecule has 28 heavy (non-hydrogen) atoms. The van der Waals surface area contributed by atoms with Crippen LogP contribution in [0.5, 0.6) is 11.5 Å². The number of ether oxygens (including phenoxy) is 3. The maximum absolute atomic E-state index is 13.1. The Bertz CT molecular complexity index is 877. The van der Waals surface area contributed by atoms with Gasteiger partial charge >= 0.3 is 5.97 Å². The first-order chi connectivity index (χ1) is 13.5. The lowest BCUT2D eigenvalue weighted by atomic mass is 10.0. The largest absolute Gasteiger partial charge is 0.466 e. The second kappa shape index (κ2) is 8.78. The Hall–Kier alpha value is -3.02. The van der Waals surface area contributed by atoms with Crippen molar-refractivity contribution in [3.05, 3.63) is 58.7 Å². The van der Waals surface area contributed by atoms with Gasteiger partial charge in [-0.2, -0.15) is 0 Å². The third kappa shape index (κ3) is 4.63. The minimum absolute atomic E-state index is 0.120. The van der Waals surface area contributed by atoms with Crippen LogP contribution in [-0.4, -0.2) is 36.7 Å². The molecule has 0 atom stereocenters. The van der Waals surface area contributed by atoms with Gasteiger partial charge < -0.3 is 19.1 Å². The Balaban J connectivity index is 1.80. The number of hydrogen-bond acceptors (Lipinski definition) is 5. The lowest BCUT2D eigenvalue weighted by molar-refractivity contribution is -0.143. The van der Waals surface area contributed by atoms with Gasteiger partial charge in [0.1, 0.15) is 0 Å². The molecule has 6 heteroatoms. The van der Waals surface area contributed by atoms with E-state index in [9.17, 15) is 9.59 Å². The highest BCUT2D eigenvalue weighted by molar-refractivity contribution is 5.94. The summed E-state index contributed by atoms with van der Waals surface area (Å²) in [4.78, 5) is 26.6. The van der Waals surface area contributed by atoms with E-state index >= 15 is 0 Å². The zero-order valence-electron chi connectivity index (χ0n) is 16.5. The molecule has 0 bridgehead atoms. The van der Waals surface area contributed by atoms with E-state index in [1.807, 2.05) is 50.2 Å². The van der Waals surface area contributed by atoms with Crippen LogP contribution in [-0.2, 0) is 16.1 Å². The predicted molar refractivity (Wildman–Crippen MR) is 104 cm³/mol. The van der Waals surface area contributed by atoms with E-state index in [2.05, 4.69) is 0 Å². The normalized spacial score (nSPS) is 12.0. The summed E-state index contributed by atoms with van der Waals surface area (Å²) in [5.74, 6) is 0.930. The molecule has 1 heterocycles. The van der Waals surface area contributed by atoms with Gasteiger partial charge in [-0.25, -0.2) is 0 Å². The first-order valence-corrected chi connectivity index (χ1v) is 9.38. The molecule has 0 aliphatic carbocycles. The Kier molecular flexibility index (Phi) is 6.19. The maximum atomic E-state index is 13.1. The molecular weight excluding hydrogens is 358 g/mol. The van der Waals surface area contributed by atoms with Crippen LogP contribution >= 0.6 is 0 Å². The van der Waals surface area contributed by atoms with Crippen LogP contribution in [0, 0.1) is 13.8 Å². The van der Waals surface area contributed by atoms with Crippen molar-refractivity contribution in [3.8, 4) is 11.5 Å². The highest BCUT2D eigenvalue weighted by atomic mass is 16.7. The lowest BCUT2D eigenvalue weighted by Gasteiger charge is -2.23. The summed E-state index contributed by atoms with van der Waals surface area (Å²) in [6.45, 7) is 6.92. The molecular formula is C22H25NO5. The molecule has 2 aromatic rings. The van der Waals surface area contributed by atoms with Crippen molar-refractivity contribution < 1.29 is 23.8 Å². The molecule has 0 N–H and O–H groups in total. The second-order valence-electron chi connectivity index (χ2n) is 6.77. The molecule has 0 fully saturated rings. The fourth-order valence-corrected chi connectivity index (χ4v) is 3.03. The molecule has 1 aliphatic rings. The van der Waals surface area contributed by atoms with E-state index in [1.54, 1.807) is 11.8 Å². The highest BCUT2D eigenvalue weighted by Crippen LogP contribution is 2.33. The van der Waals surface area contributed by atoms with Crippen molar-refractivity contribution in [2.75, 3.05) is 19.9 Å². The highest BCUT2D eigenvalue weighted by Gasteiger charge is 2.20. The zero-order valence-corrected chi connectivity index (χ0v) is 16.5. The van der Waals surface area contributed by atoms with Gasteiger partial charge in [0.2, 0.25) is 6.79 Å². The number of carbonyl (C=O) groups excluding carboxylic acids is 2. The monoisotopic (exact) mass is 383 g/mol. The molecule has 1 aliphatic heterocycles. The van der Waals surface area contributed by atoms with E-state index < -0.39 is 0 Å². The summed E-state index contributed by atoms with van der Waals surface area (Å²) in [5.41, 5.74) is 3.70. The topological polar surface area (TPSA) is 65.1 Å². The van der Waals surface area contributed by atoms with Gasteiger partial charge in [0.25, 0.3) is 5.91 Å². The number of carbonyl (C=O) groups is 2. The molecule has 0 unspecified atom stereocenters. The summed E-state index contributed by atoms with van der Waals surface area (Å²) in [5, 5.41) is 0. The van der Waals surface area contributed by atoms with Gasteiger partial charge in [-0.05, 0) is 61.7 Å². The van der Waals surface area contributed by atoms with Crippen molar-refractivity contribution in [1.29, 1.82) is 0 Å². The van der Waals surface area contributed by atoms with Gasteiger partial charge in [0.15, 0.2) is 11.5 Å². The molecule has 0 aromatic heterocycles. The molecule has 0 saturated heterocycles. The van der Waals surface area contributed by atoms with Crippen molar-refractivity contribution in [2.45, 2.75) is 33.7 Å². The number of aryl methyl sites for hydroxylation is 2. The molecule has 6 nitrogen and oxygen atoms in total. The molecule has 0 saturated carbocycles. The van der Waals surface area contributed by atoms with Crippen LogP contribution < -0.4 is 9.47 Å². The van der Waals surface area contributed by atoms with E-state index in [0.717, 1.165) is 16.7 Å². The average Bonchev–Trinajstić information content (AvgIpc) is 3.14. The lowest BCUT2D eigenvalue weighted by Crippen LogP contribution is -2.33. The second-order valence-corrected chi connectivity index (χ2v) is 6.77. The SMILES string of the molecule is CCOC(=O)CCN(Cc1ccc2c(c1)OCO2)C(=O)c1ccc(C)c(C)c1. The van der Waals surface area contributed by atoms with E-state index in [4.69, 9.17) is 14.2 Å². The molecule has 0 spiro atoms. The van der Waals surface area contributed by atoms with Crippen molar-refractivity contribution in [2.24, 2.45) is 0 Å². The number of esters is 1. The standard InChI is InChI=1S/C22H25NO5/c1-4-26-21(24)9-10-23(22(25)18-7-5-15(2)16(3)11-18)13-17-6-8-19-20(12-17)28-14-27-19/h5-8,11-12H,4,9-10,13-14H2,1-3H3.